The minimum absolute atomic E-state index is 0.0567. The van der Waals surface area contributed by atoms with Crippen LogP contribution >= 0.6 is 0 Å². The molecule has 1 amide bonds. The Bertz CT molecular complexity index is 875. The van der Waals surface area contributed by atoms with E-state index in [4.69, 9.17) is 4.42 Å². The van der Waals surface area contributed by atoms with Crippen molar-refractivity contribution in [2.24, 2.45) is 5.10 Å². The van der Waals surface area contributed by atoms with Crippen LogP contribution in [-0.2, 0) is 15.6 Å². The van der Waals surface area contributed by atoms with Crippen LogP contribution in [0.15, 0.2) is 56.9 Å². The summed E-state index contributed by atoms with van der Waals surface area (Å²) >= 11 is 0. The van der Waals surface area contributed by atoms with E-state index in [1.807, 2.05) is 0 Å². The summed E-state index contributed by atoms with van der Waals surface area (Å²) in [5.74, 6) is -0.480. The largest absolute Gasteiger partial charge is 0.455 e. The van der Waals surface area contributed by atoms with Gasteiger partial charge in [-0.2, -0.15) is 5.10 Å². The molecule has 1 N–H and O–H groups in total. The van der Waals surface area contributed by atoms with Crippen LogP contribution in [0.25, 0.3) is 0 Å². The average Bonchev–Trinajstić information content (AvgIpc) is 2.94. The minimum atomic E-state index is -3.51. The van der Waals surface area contributed by atoms with Crippen LogP contribution in [-0.4, -0.2) is 20.0 Å². The third-order valence-corrected chi connectivity index (χ3v) is 5.97. The number of sulfone groups is 1. The van der Waals surface area contributed by atoms with E-state index in [0.717, 1.165) is 31.4 Å². The van der Waals surface area contributed by atoms with E-state index in [0.29, 0.717) is 0 Å². The van der Waals surface area contributed by atoms with Crippen molar-refractivity contribution in [2.75, 3.05) is 0 Å². The van der Waals surface area contributed by atoms with Gasteiger partial charge in [-0.3, -0.25) is 4.79 Å². The number of carbonyl (C=O) groups is 1. The number of amides is 1. The van der Waals surface area contributed by atoms with Gasteiger partial charge in [0.25, 0.3) is 0 Å². The van der Waals surface area contributed by atoms with Crippen molar-refractivity contribution in [3.05, 3.63) is 54.0 Å². The van der Waals surface area contributed by atoms with Crippen molar-refractivity contribution in [1.29, 1.82) is 0 Å². The third-order valence-electron chi connectivity index (χ3n) is 4.32. The molecule has 6 nitrogen and oxygen atoms in total. The first-order valence-electron chi connectivity index (χ1n) is 8.77. The van der Waals surface area contributed by atoms with E-state index in [1.54, 1.807) is 18.2 Å². The molecule has 2 aromatic rings. The van der Waals surface area contributed by atoms with E-state index in [2.05, 4.69) is 10.5 Å². The number of hydrazone groups is 1. The van der Waals surface area contributed by atoms with Crippen LogP contribution < -0.4 is 5.43 Å². The molecule has 1 aliphatic carbocycles. The summed E-state index contributed by atoms with van der Waals surface area (Å²) in [5, 5.41) is 4.19. The van der Waals surface area contributed by atoms with E-state index in [9.17, 15) is 13.2 Å². The standard InChI is InChI=1S/C19H22N2O4S/c22-19(21-20-15-8-4-1-2-5-9-15)18-13-12-16(25-18)14-26(23,24)17-10-6-3-7-11-17/h3,6-7,10-13H,1-2,4-5,8-9,14H2,(H,21,22). The van der Waals surface area contributed by atoms with Gasteiger partial charge in [-0.15, -0.1) is 0 Å². The van der Waals surface area contributed by atoms with Crippen molar-refractivity contribution in [3.8, 4) is 0 Å². The highest BCUT2D eigenvalue weighted by atomic mass is 32.2. The Hall–Kier alpha value is -2.41. The molecule has 0 saturated heterocycles. The van der Waals surface area contributed by atoms with Gasteiger partial charge in [0.1, 0.15) is 11.5 Å². The monoisotopic (exact) mass is 374 g/mol. The molecule has 0 aliphatic heterocycles. The molecule has 0 radical (unpaired) electrons. The lowest BCUT2D eigenvalue weighted by atomic mass is 10.2. The Morgan fingerprint density at radius 1 is 1.00 bits per heavy atom. The highest BCUT2D eigenvalue weighted by molar-refractivity contribution is 7.90. The van der Waals surface area contributed by atoms with Crippen molar-refractivity contribution in [3.63, 3.8) is 0 Å². The predicted octanol–water partition coefficient (Wildman–Crippen LogP) is 3.69. The molecule has 0 bridgehead atoms. The highest BCUT2D eigenvalue weighted by Gasteiger charge is 2.19. The number of hydrogen-bond donors (Lipinski definition) is 1. The SMILES string of the molecule is O=C(NN=C1CCCCCC1)c1ccc(CS(=O)(=O)c2ccccc2)o1. The van der Waals surface area contributed by atoms with E-state index in [-0.39, 0.29) is 22.2 Å². The normalized spacial score (nSPS) is 15.3. The molecule has 0 unspecified atom stereocenters. The Kier molecular flexibility index (Phi) is 5.88. The second kappa shape index (κ2) is 8.31. The first kappa shape index (κ1) is 18.4. The summed E-state index contributed by atoms with van der Waals surface area (Å²) in [5.41, 5.74) is 3.50. The van der Waals surface area contributed by atoms with Crippen LogP contribution in [0, 0.1) is 0 Å². The van der Waals surface area contributed by atoms with Gasteiger partial charge in [0, 0.05) is 5.71 Å². The molecule has 1 aliphatic rings. The Morgan fingerprint density at radius 3 is 2.38 bits per heavy atom. The topological polar surface area (TPSA) is 88.7 Å². The summed E-state index contributed by atoms with van der Waals surface area (Å²) in [6.45, 7) is 0. The molecule has 1 saturated carbocycles. The molecule has 1 fully saturated rings. The zero-order chi connectivity index (χ0) is 18.4. The minimum Gasteiger partial charge on any atom is -0.455 e. The number of nitrogens with one attached hydrogen (secondary N) is 1. The fourth-order valence-electron chi connectivity index (χ4n) is 2.91. The molecule has 7 heteroatoms. The zero-order valence-corrected chi connectivity index (χ0v) is 15.3. The van der Waals surface area contributed by atoms with Crippen LogP contribution in [0.1, 0.15) is 54.8 Å². The second-order valence-corrected chi connectivity index (χ2v) is 8.36. The molecule has 3 rings (SSSR count). The van der Waals surface area contributed by atoms with E-state index < -0.39 is 15.7 Å². The highest BCUT2D eigenvalue weighted by Crippen LogP contribution is 2.18. The van der Waals surface area contributed by atoms with Crippen molar-refractivity contribution in [1.82, 2.24) is 5.43 Å². The second-order valence-electron chi connectivity index (χ2n) is 6.37. The number of hydrogen-bond acceptors (Lipinski definition) is 5. The number of furan rings is 1. The maximum absolute atomic E-state index is 12.4. The summed E-state index contributed by atoms with van der Waals surface area (Å²) in [6.07, 6.45) is 6.39. The summed E-state index contributed by atoms with van der Waals surface area (Å²) < 4.78 is 30.1. The van der Waals surface area contributed by atoms with Gasteiger partial charge in [0.2, 0.25) is 0 Å². The fourth-order valence-corrected chi connectivity index (χ4v) is 4.18. The van der Waals surface area contributed by atoms with Gasteiger partial charge in [-0.05, 0) is 49.9 Å². The van der Waals surface area contributed by atoms with E-state index >= 15 is 0 Å². The molecule has 138 valence electrons. The number of carbonyl (C=O) groups excluding carboxylic acids is 1. The third kappa shape index (κ3) is 4.82. The maximum atomic E-state index is 12.4. The van der Waals surface area contributed by atoms with Crippen LogP contribution in [0.2, 0.25) is 0 Å². The molecule has 0 atom stereocenters. The van der Waals surface area contributed by atoms with Crippen LogP contribution in [0.3, 0.4) is 0 Å². The molecular formula is C19H22N2O4S. The molecular weight excluding hydrogens is 352 g/mol. The Labute approximate surface area is 153 Å². The number of benzene rings is 1. The van der Waals surface area contributed by atoms with E-state index in [1.165, 1.54) is 37.1 Å². The Morgan fingerprint density at radius 2 is 1.69 bits per heavy atom. The van der Waals surface area contributed by atoms with Crippen molar-refractivity contribution >= 4 is 21.5 Å². The van der Waals surface area contributed by atoms with Gasteiger partial charge in [-0.25, -0.2) is 13.8 Å². The number of nitrogens with zero attached hydrogens (tertiary/aromatic N) is 1. The predicted molar refractivity (Wildman–Crippen MR) is 98.6 cm³/mol. The fraction of sp³-hybridized carbons (Fsp3) is 0.368. The smallest absolute Gasteiger partial charge is 0.307 e. The molecule has 1 aromatic heterocycles. The Balaban J connectivity index is 1.64. The first-order chi connectivity index (χ1) is 12.5. The molecule has 1 heterocycles. The van der Waals surface area contributed by atoms with Crippen LogP contribution in [0.5, 0.6) is 0 Å². The summed E-state index contributed by atoms with van der Waals surface area (Å²) in [7, 11) is -3.51. The van der Waals surface area contributed by atoms with Crippen molar-refractivity contribution in [2.45, 2.75) is 49.2 Å². The number of rotatable bonds is 5. The zero-order valence-electron chi connectivity index (χ0n) is 14.5. The van der Waals surface area contributed by atoms with Gasteiger partial charge >= 0.3 is 5.91 Å². The summed E-state index contributed by atoms with van der Waals surface area (Å²) in [4.78, 5) is 12.4. The van der Waals surface area contributed by atoms with Gasteiger partial charge in [0.15, 0.2) is 15.6 Å². The van der Waals surface area contributed by atoms with Gasteiger partial charge in [-0.1, -0.05) is 31.0 Å². The molecule has 26 heavy (non-hydrogen) atoms. The van der Waals surface area contributed by atoms with Gasteiger partial charge < -0.3 is 4.42 Å². The lowest BCUT2D eigenvalue weighted by molar-refractivity contribution is 0.0925. The first-order valence-corrected chi connectivity index (χ1v) is 10.4. The van der Waals surface area contributed by atoms with Crippen molar-refractivity contribution < 1.29 is 17.6 Å². The average molecular weight is 374 g/mol. The molecule has 0 spiro atoms. The lowest BCUT2D eigenvalue weighted by Crippen LogP contribution is -2.19. The lowest BCUT2D eigenvalue weighted by Gasteiger charge is -2.03. The summed E-state index contributed by atoms with van der Waals surface area (Å²) in [6, 6.07) is 11.1. The molecule has 1 aromatic carbocycles. The quantitative estimate of drug-likeness (QED) is 0.638. The van der Waals surface area contributed by atoms with Gasteiger partial charge in [0.05, 0.1) is 4.90 Å². The maximum Gasteiger partial charge on any atom is 0.307 e. The van der Waals surface area contributed by atoms with Crippen LogP contribution in [0.4, 0.5) is 0 Å².